The highest BCUT2D eigenvalue weighted by atomic mass is 31.2. The molecule has 0 aromatic rings. The van der Waals surface area contributed by atoms with Gasteiger partial charge in [-0.25, -0.2) is 14.8 Å². The van der Waals surface area contributed by atoms with Crippen LogP contribution in [0, 0.1) is 0 Å². The van der Waals surface area contributed by atoms with Gasteiger partial charge in [-0.2, -0.15) is 0 Å². The van der Waals surface area contributed by atoms with Gasteiger partial charge < -0.3 is 24.8 Å². The van der Waals surface area contributed by atoms with E-state index in [1.54, 1.807) is 20.8 Å². The quantitative estimate of drug-likeness (QED) is 0.317. The summed E-state index contributed by atoms with van der Waals surface area (Å²) in [6.07, 6.45) is -1.27. The minimum Gasteiger partial charge on any atom is -0.432 e. The number of rotatable bonds is 9. The van der Waals surface area contributed by atoms with Crippen LogP contribution >= 0.6 is 7.60 Å². The normalized spacial score (nSPS) is 22.6. The maximum absolute atomic E-state index is 11.9. The molecule has 13 heteroatoms. The van der Waals surface area contributed by atoms with Crippen molar-refractivity contribution in [2.24, 2.45) is 20.7 Å². The van der Waals surface area contributed by atoms with E-state index in [2.05, 4.69) is 24.2 Å². The van der Waals surface area contributed by atoms with Gasteiger partial charge in [-0.05, 0) is 20.8 Å². The Morgan fingerprint density at radius 3 is 2.93 bits per heavy atom. The van der Waals surface area contributed by atoms with Crippen LogP contribution in [-0.4, -0.2) is 78.6 Å². The van der Waals surface area contributed by atoms with E-state index in [4.69, 9.17) is 15.2 Å². The number of carbonyl (C=O) groups excluding carboxylic acids is 1. The molecule has 2 heterocycles. The first-order valence-corrected chi connectivity index (χ1v) is 9.99. The zero-order valence-electron chi connectivity index (χ0n) is 15.3. The Balaban J connectivity index is 1.69. The average Bonchev–Trinajstić information content (AvgIpc) is 2.97. The fraction of sp³-hybridized carbons (Fsp3) is 0.714. The number of ether oxygens (including phenoxy) is 3. The summed E-state index contributed by atoms with van der Waals surface area (Å²) in [5, 5.41) is 0. The first-order chi connectivity index (χ1) is 12.7. The zero-order valence-corrected chi connectivity index (χ0v) is 16.2. The first-order valence-electron chi connectivity index (χ1n) is 8.23. The first kappa shape index (κ1) is 21.5. The molecule has 152 valence electrons. The lowest BCUT2D eigenvalue weighted by Gasteiger charge is -2.26. The molecular weight excluding hydrogens is 381 g/mol. The zero-order chi connectivity index (χ0) is 20.0. The van der Waals surface area contributed by atoms with E-state index >= 15 is 0 Å². The predicted octanol–water partition coefficient (Wildman–Crippen LogP) is 0.509. The molecule has 0 aromatic carbocycles. The van der Waals surface area contributed by atoms with Crippen LogP contribution in [0.1, 0.15) is 20.8 Å². The van der Waals surface area contributed by atoms with E-state index in [0.29, 0.717) is 24.8 Å². The third-order valence-electron chi connectivity index (χ3n) is 3.46. The smallest absolute Gasteiger partial charge is 0.432 e. The molecule has 3 unspecified atom stereocenters. The van der Waals surface area contributed by atoms with Crippen LogP contribution in [0.4, 0.5) is 4.79 Å². The molecule has 0 aromatic heterocycles. The number of fused-ring (bicyclic) bond motifs is 1. The topological polar surface area (TPSA) is 158 Å². The van der Waals surface area contributed by atoms with Gasteiger partial charge in [0.05, 0.1) is 18.9 Å². The number of carbonyl (C=O) groups is 1. The van der Waals surface area contributed by atoms with E-state index < -0.39 is 33.0 Å². The van der Waals surface area contributed by atoms with Gasteiger partial charge >= 0.3 is 13.8 Å². The van der Waals surface area contributed by atoms with Crippen LogP contribution < -0.4 is 5.73 Å². The van der Waals surface area contributed by atoms with Crippen LogP contribution in [0.3, 0.4) is 0 Å². The van der Waals surface area contributed by atoms with E-state index in [0.717, 1.165) is 0 Å². The molecule has 2 rings (SSSR count). The number of nitrogens with zero attached hydrogens (tertiary/aromatic N) is 4. The van der Waals surface area contributed by atoms with Crippen molar-refractivity contribution in [3.8, 4) is 0 Å². The summed E-state index contributed by atoms with van der Waals surface area (Å²) >= 11 is 0. The van der Waals surface area contributed by atoms with Crippen LogP contribution in [0.5, 0.6) is 0 Å². The second kappa shape index (κ2) is 9.38. The van der Waals surface area contributed by atoms with Crippen molar-refractivity contribution in [3.05, 3.63) is 0 Å². The molecule has 27 heavy (non-hydrogen) atoms. The second-order valence-corrected chi connectivity index (χ2v) is 7.95. The van der Waals surface area contributed by atoms with Gasteiger partial charge in [0.2, 0.25) is 6.79 Å². The highest BCUT2D eigenvalue weighted by Gasteiger charge is 2.33. The molecule has 0 amide bonds. The molecule has 0 fully saturated rings. The summed E-state index contributed by atoms with van der Waals surface area (Å²) in [7, 11) is -4.09. The van der Waals surface area contributed by atoms with Crippen molar-refractivity contribution in [2.45, 2.75) is 39.1 Å². The molecule has 0 radical (unpaired) electrons. The second-order valence-electron chi connectivity index (χ2n) is 6.16. The molecule has 0 saturated heterocycles. The maximum atomic E-state index is 11.9. The molecule has 2 aliphatic rings. The van der Waals surface area contributed by atoms with Gasteiger partial charge in [0.1, 0.15) is 24.2 Å². The van der Waals surface area contributed by atoms with Gasteiger partial charge in [-0.15, -0.1) is 0 Å². The fourth-order valence-electron chi connectivity index (χ4n) is 2.28. The van der Waals surface area contributed by atoms with E-state index in [-0.39, 0.29) is 12.3 Å². The molecular formula is C14H24N5O7P. The number of amidine groups is 1. The van der Waals surface area contributed by atoms with Crippen LogP contribution in [0.25, 0.3) is 0 Å². The predicted molar refractivity (Wildman–Crippen MR) is 96.8 cm³/mol. The van der Waals surface area contributed by atoms with Gasteiger partial charge in [0.25, 0.3) is 0 Å². The number of aliphatic imine (C=N–C) groups is 3. The van der Waals surface area contributed by atoms with E-state index in [1.165, 1.54) is 6.34 Å². The Morgan fingerprint density at radius 1 is 1.48 bits per heavy atom. The summed E-state index contributed by atoms with van der Waals surface area (Å²) < 4.78 is 31.2. The molecule has 0 aliphatic carbocycles. The van der Waals surface area contributed by atoms with E-state index in [9.17, 15) is 14.3 Å². The van der Waals surface area contributed by atoms with Gasteiger partial charge in [0.15, 0.2) is 6.17 Å². The van der Waals surface area contributed by atoms with Crippen molar-refractivity contribution in [3.63, 3.8) is 0 Å². The SMILES string of the molecule is CC(C)OC(=O)OCOP(=O)(O)COC(C)CN1CN=C2C(N)=NC=NC21. The lowest BCUT2D eigenvalue weighted by molar-refractivity contribution is -0.0158. The molecule has 3 N–H and O–H groups in total. The van der Waals surface area contributed by atoms with Crippen molar-refractivity contribution in [1.29, 1.82) is 0 Å². The van der Waals surface area contributed by atoms with E-state index in [1.807, 2.05) is 4.90 Å². The Bertz CT molecular complexity index is 681. The molecule has 12 nitrogen and oxygen atoms in total. The van der Waals surface area contributed by atoms with Gasteiger partial charge in [-0.1, -0.05) is 0 Å². The largest absolute Gasteiger partial charge is 0.510 e. The summed E-state index contributed by atoms with van der Waals surface area (Å²) in [4.78, 5) is 35.2. The number of hydrogen-bond acceptors (Lipinski definition) is 11. The molecule has 0 bridgehead atoms. The third-order valence-corrected chi connectivity index (χ3v) is 4.44. The molecule has 3 atom stereocenters. The molecule has 0 spiro atoms. The molecule has 0 saturated carbocycles. The van der Waals surface area contributed by atoms with Crippen LogP contribution in [0.2, 0.25) is 0 Å². The highest BCUT2D eigenvalue weighted by molar-refractivity contribution is 7.52. The average molecular weight is 405 g/mol. The van der Waals surface area contributed by atoms with Crippen LogP contribution in [0.15, 0.2) is 15.0 Å². The highest BCUT2D eigenvalue weighted by Crippen LogP contribution is 2.42. The number of hydrogen-bond donors (Lipinski definition) is 2. The van der Waals surface area contributed by atoms with Gasteiger partial charge in [-0.3, -0.25) is 19.0 Å². The fourth-order valence-corrected chi connectivity index (χ4v) is 3.02. The summed E-state index contributed by atoms with van der Waals surface area (Å²) in [5.41, 5.74) is 6.36. The van der Waals surface area contributed by atoms with Gasteiger partial charge in [0, 0.05) is 6.54 Å². The maximum Gasteiger partial charge on any atom is 0.510 e. The lowest BCUT2D eigenvalue weighted by atomic mass is 10.2. The minimum absolute atomic E-state index is 0.328. The minimum atomic E-state index is -4.09. The lowest BCUT2D eigenvalue weighted by Crippen LogP contribution is -2.44. The van der Waals surface area contributed by atoms with Crippen molar-refractivity contribution < 1.29 is 33.0 Å². The Labute approximate surface area is 156 Å². The third kappa shape index (κ3) is 6.67. The van der Waals surface area contributed by atoms with Crippen molar-refractivity contribution in [2.75, 3.05) is 26.4 Å². The Morgan fingerprint density at radius 2 is 2.22 bits per heavy atom. The summed E-state index contributed by atoms with van der Waals surface area (Å²) in [6.45, 7) is 5.08. The standard InChI is InChI=1S/C14H24N5O7P/c1-9(2)26-14(20)23-7-25-27(21,22)8-24-10(3)4-19-6-18-11-12(15)16-5-17-13(11)19/h5,9-10,13H,4,6-8H2,1-3H3,(H,21,22)(H2,15,16,17). The number of nitrogens with two attached hydrogens (primary N) is 1. The van der Waals surface area contributed by atoms with Crippen molar-refractivity contribution in [1.82, 2.24) is 4.90 Å². The Kier molecular flexibility index (Phi) is 7.45. The van der Waals surface area contributed by atoms with Crippen LogP contribution in [-0.2, 0) is 23.3 Å². The van der Waals surface area contributed by atoms with Crippen molar-refractivity contribution >= 4 is 31.6 Å². The molecule has 2 aliphatic heterocycles. The summed E-state index contributed by atoms with van der Waals surface area (Å²) in [5.74, 6) is 0.329. The Hall–Kier alpha value is -1.85. The summed E-state index contributed by atoms with van der Waals surface area (Å²) in [6, 6.07) is 0. The monoisotopic (exact) mass is 405 g/mol.